The maximum atomic E-state index is 12.2. The van der Waals surface area contributed by atoms with Crippen LogP contribution in [-0.4, -0.2) is 47.5 Å². The minimum absolute atomic E-state index is 0.167. The summed E-state index contributed by atoms with van der Waals surface area (Å²) in [7, 11) is 0. The number of amides is 2. The van der Waals surface area contributed by atoms with E-state index < -0.39 is 24.0 Å². The summed E-state index contributed by atoms with van der Waals surface area (Å²) in [5.74, 6) is -2.03. The highest BCUT2D eigenvalue weighted by Gasteiger charge is 2.26. The van der Waals surface area contributed by atoms with Crippen LogP contribution in [0.25, 0.3) is 0 Å². The van der Waals surface area contributed by atoms with Gasteiger partial charge in [-0.15, -0.1) is 0 Å². The molecule has 2 atom stereocenters. The monoisotopic (exact) mass is 329 g/mol. The summed E-state index contributed by atoms with van der Waals surface area (Å²) in [5.41, 5.74) is 5.13. The molecule has 7 N–H and O–H groups in total. The Bertz CT molecular complexity index is 439. The fourth-order valence-corrected chi connectivity index (χ4v) is 2.01. The lowest BCUT2D eigenvalue weighted by Crippen LogP contribution is -2.51. The van der Waals surface area contributed by atoms with E-state index in [4.69, 9.17) is 11.1 Å². The Morgan fingerprint density at radius 2 is 1.78 bits per heavy atom. The van der Waals surface area contributed by atoms with Crippen molar-refractivity contribution in [2.45, 2.75) is 52.1 Å². The Hall–Kier alpha value is -2.32. The van der Waals surface area contributed by atoms with Gasteiger partial charge in [0.25, 0.3) is 0 Å². The number of hydrogen-bond acceptors (Lipinski definition) is 4. The van der Waals surface area contributed by atoms with E-state index in [1.54, 1.807) is 0 Å². The van der Waals surface area contributed by atoms with Gasteiger partial charge in [-0.05, 0) is 25.2 Å². The second-order valence-corrected chi connectivity index (χ2v) is 5.76. The maximum Gasteiger partial charge on any atom is 0.326 e. The second-order valence-electron chi connectivity index (χ2n) is 5.76. The molecule has 0 aromatic carbocycles. The predicted octanol–water partition coefficient (Wildman–Crippen LogP) is -0.630. The highest BCUT2D eigenvalue weighted by molar-refractivity contribution is 5.89. The van der Waals surface area contributed by atoms with E-state index in [9.17, 15) is 19.5 Å². The van der Waals surface area contributed by atoms with E-state index in [-0.39, 0.29) is 24.2 Å². The van der Waals surface area contributed by atoms with Crippen LogP contribution < -0.4 is 21.7 Å². The number of aliphatic carboxylic acids is 1. The van der Waals surface area contributed by atoms with Gasteiger partial charge in [0.05, 0.1) is 0 Å². The van der Waals surface area contributed by atoms with Crippen molar-refractivity contribution in [3.8, 4) is 0 Å². The van der Waals surface area contributed by atoms with Crippen LogP contribution in [0.1, 0.15) is 40.0 Å². The van der Waals surface area contributed by atoms with Crippen LogP contribution in [0.4, 0.5) is 0 Å². The zero-order chi connectivity index (χ0) is 18.0. The molecule has 0 aliphatic heterocycles. The Kier molecular flexibility index (Phi) is 9.36. The molecule has 0 aliphatic carbocycles. The zero-order valence-electron chi connectivity index (χ0n) is 13.8. The molecule has 0 fully saturated rings. The Labute approximate surface area is 135 Å². The molecule has 2 unspecified atom stereocenters. The summed E-state index contributed by atoms with van der Waals surface area (Å²) in [4.78, 5) is 34.6. The molecule has 0 saturated heterocycles. The first kappa shape index (κ1) is 20.7. The third-order valence-electron chi connectivity index (χ3n) is 3.00. The van der Waals surface area contributed by atoms with Crippen molar-refractivity contribution in [3.63, 3.8) is 0 Å². The number of carbonyl (C=O) groups excluding carboxylic acids is 2. The molecule has 0 radical (unpaired) electrons. The molecule has 0 rings (SSSR count). The number of nitrogens with one attached hydrogen (secondary N) is 4. The molecule has 132 valence electrons. The average molecular weight is 329 g/mol. The molecule has 0 spiro atoms. The fraction of sp³-hybridized carbons (Fsp3) is 0.714. The van der Waals surface area contributed by atoms with Gasteiger partial charge in [-0.25, -0.2) is 4.79 Å². The van der Waals surface area contributed by atoms with Crippen LogP contribution in [0, 0.1) is 11.3 Å². The van der Waals surface area contributed by atoms with Gasteiger partial charge < -0.3 is 26.8 Å². The van der Waals surface area contributed by atoms with E-state index in [1.165, 1.54) is 6.92 Å². The number of carboxylic acid groups (broad SMARTS) is 1. The zero-order valence-corrected chi connectivity index (χ0v) is 13.8. The summed E-state index contributed by atoms with van der Waals surface area (Å²) in [5, 5.41) is 23.7. The Morgan fingerprint density at radius 1 is 1.17 bits per heavy atom. The van der Waals surface area contributed by atoms with Crippen LogP contribution in [0.3, 0.4) is 0 Å². The fourth-order valence-electron chi connectivity index (χ4n) is 2.01. The molecule has 0 aromatic heterocycles. The lowest BCUT2D eigenvalue weighted by Gasteiger charge is -2.22. The molecular weight excluding hydrogens is 302 g/mol. The number of rotatable bonds is 10. The van der Waals surface area contributed by atoms with Crippen molar-refractivity contribution >= 4 is 23.7 Å². The number of hydrogen-bond donors (Lipinski definition) is 6. The SMILES string of the molecule is CC(=O)NC(CC(C)C)C(=O)NC(CCCNC(=N)N)C(=O)O. The normalized spacial score (nSPS) is 13.0. The van der Waals surface area contributed by atoms with Gasteiger partial charge >= 0.3 is 5.97 Å². The summed E-state index contributed by atoms with van der Waals surface area (Å²) < 4.78 is 0. The van der Waals surface area contributed by atoms with E-state index in [1.807, 2.05) is 13.8 Å². The third-order valence-corrected chi connectivity index (χ3v) is 3.00. The first-order valence-corrected chi connectivity index (χ1v) is 7.51. The van der Waals surface area contributed by atoms with Crippen LogP contribution in [0.2, 0.25) is 0 Å². The molecule has 9 nitrogen and oxygen atoms in total. The number of nitrogens with two attached hydrogens (primary N) is 1. The van der Waals surface area contributed by atoms with Gasteiger partial charge in [0.1, 0.15) is 12.1 Å². The van der Waals surface area contributed by atoms with E-state index in [2.05, 4.69) is 16.0 Å². The van der Waals surface area contributed by atoms with Crippen molar-refractivity contribution in [2.75, 3.05) is 6.54 Å². The van der Waals surface area contributed by atoms with E-state index in [0.717, 1.165) is 0 Å². The van der Waals surface area contributed by atoms with Crippen LogP contribution >= 0.6 is 0 Å². The second kappa shape index (κ2) is 10.4. The highest BCUT2D eigenvalue weighted by Crippen LogP contribution is 2.06. The molecule has 23 heavy (non-hydrogen) atoms. The smallest absolute Gasteiger partial charge is 0.326 e. The van der Waals surface area contributed by atoms with Gasteiger partial charge in [-0.1, -0.05) is 13.8 Å². The predicted molar refractivity (Wildman–Crippen MR) is 85.8 cm³/mol. The molecule has 0 aromatic rings. The lowest BCUT2D eigenvalue weighted by molar-refractivity contribution is -0.142. The van der Waals surface area contributed by atoms with Gasteiger partial charge in [0.15, 0.2) is 5.96 Å². The van der Waals surface area contributed by atoms with E-state index >= 15 is 0 Å². The first-order valence-electron chi connectivity index (χ1n) is 7.51. The van der Waals surface area contributed by atoms with Crippen molar-refractivity contribution in [1.82, 2.24) is 16.0 Å². The highest BCUT2D eigenvalue weighted by atomic mass is 16.4. The summed E-state index contributed by atoms with van der Waals surface area (Å²) in [6.07, 6.45) is 1.03. The Balaban J connectivity index is 4.62. The van der Waals surface area contributed by atoms with Crippen molar-refractivity contribution in [2.24, 2.45) is 11.7 Å². The first-order chi connectivity index (χ1) is 10.6. The lowest BCUT2D eigenvalue weighted by atomic mass is 10.0. The molecular formula is C14H27N5O4. The van der Waals surface area contributed by atoms with Crippen LogP contribution in [-0.2, 0) is 14.4 Å². The maximum absolute atomic E-state index is 12.2. The van der Waals surface area contributed by atoms with Crippen LogP contribution in [0.15, 0.2) is 0 Å². The number of carboxylic acids is 1. The standard InChI is InChI=1S/C14H27N5O4/c1-8(2)7-11(18-9(3)20)12(21)19-10(13(22)23)5-4-6-17-14(15)16/h8,10-11H,4-7H2,1-3H3,(H,18,20)(H,19,21)(H,22,23)(H4,15,16,17). The summed E-state index contributed by atoms with van der Waals surface area (Å²) in [6.45, 7) is 5.47. The van der Waals surface area contributed by atoms with Gasteiger partial charge in [-0.3, -0.25) is 15.0 Å². The molecule has 0 heterocycles. The van der Waals surface area contributed by atoms with Crippen molar-refractivity contribution in [1.29, 1.82) is 5.41 Å². The van der Waals surface area contributed by atoms with Crippen molar-refractivity contribution in [3.05, 3.63) is 0 Å². The average Bonchev–Trinajstić information content (AvgIpc) is 2.39. The quantitative estimate of drug-likeness (QED) is 0.178. The summed E-state index contributed by atoms with van der Waals surface area (Å²) >= 11 is 0. The van der Waals surface area contributed by atoms with Gasteiger partial charge in [-0.2, -0.15) is 0 Å². The van der Waals surface area contributed by atoms with Crippen molar-refractivity contribution < 1.29 is 19.5 Å². The molecule has 2 amide bonds. The number of carbonyl (C=O) groups is 3. The largest absolute Gasteiger partial charge is 0.480 e. The molecule has 0 aliphatic rings. The van der Waals surface area contributed by atoms with E-state index in [0.29, 0.717) is 19.4 Å². The van der Waals surface area contributed by atoms with Gasteiger partial charge in [0, 0.05) is 13.5 Å². The van der Waals surface area contributed by atoms with Crippen LogP contribution in [0.5, 0.6) is 0 Å². The summed E-state index contributed by atoms with van der Waals surface area (Å²) in [6, 6.07) is -1.82. The van der Waals surface area contributed by atoms with Gasteiger partial charge in [0.2, 0.25) is 11.8 Å². The third kappa shape index (κ3) is 10.1. The minimum atomic E-state index is -1.15. The molecule has 0 saturated carbocycles. The molecule has 9 heteroatoms. The number of guanidine groups is 1. The minimum Gasteiger partial charge on any atom is -0.480 e. The molecule has 0 bridgehead atoms. The Morgan fingerprint density at radius 3 is 2.22 bits per heavy atom. The topological polar surface area (TPSA) is 157 Å².